The minimum Gasteiger partial charge on any atom is -0.399 e. The predicted octanol–water partition coefficient (Wildman–Crippen LogP) is 2.18. The number of pyridine rings is 1. The Bertz CT molecular complexity index is 372. The number of nitrogen functional groups attached to an aromatic ring is 1. The van der Waals surface area contributed by atoms with Crippen molar-refractivity contribution in [2.75, 3.05) is 11.1 Å². The lowest BCUT2D eigenvalue weighted by Gasteiger charge is -2.20. The number of carbonyl (C=O) groups is 1. The molecule has 1 aromatic rings. The fourth-order valence-electron chi connectivity index (χ4n) is 2.11. The summed E-state index contributed by atoms with van der Waals surface area (Å²) in [5.74, 6) is 0.783. The molecule has 0 saturated heterocycles. The highest BCUT2D eigenvalue weighted by Crippen LogP contribution is 2.24. The first-order valence-electron chi connectivity index (χ1n) is 5.78. The molecule has 0 aromatic carbocycles. The van der Waals surface area contributed by atoms with Crippen LogP contribution >= 0.6 is 0 Å². The van der Waals surface area contributed by atoms with Gasteiger partial charge in [-0.1, -0.05) is 19.3 Å². The fourth-order valence-corrected chi connectivity index (χ4v) is 2.11. The number of anilines is 2. The topological polar surface area (TPSA) is 68.0 Å². The molecule has 0 radical (unpaired) electrons. The number of rotatable bonds is 2. The van der Waals surface area contributed by atoms with Gasteiger partial charge in [0, 0.05) is 23.9 Å². The highest BCUT2D eigenvalue weighted by Gasteiger charge is 2.21. The van der Waals surface area contributed by atoms with Crippen LogP contribution in [0.15, 0.2) is 18.3 Å². The maximum Gasteiger partial charge on any atom is 0.228 e. The Morgan fingerprint density at radius 2 is 2.12 bits per heavy atom. The van der Waals surface area contributed by atoms with Crippen molar-refractivity contribution in [1.29, 1.82) is 0 Å². The third-order valence-electron chi connectivity index (χ3n) is 3.01. The predicted molar refractivity (Wildman–Crippen MR) is 63.9 cm³/mol. The van der Waals surface area contributed by atoms with Crippen LogP contribution in [0, 0.1) is 5.92 Å². The van der Waals surface area contributed by atoms with E-state index in [2.05, 4.69) is 10.3 Å². The lowest BCUT2D eigenvalue weighted by molar-refractivity contribution is -0.120. The molecule has 1 fully saturated rings. The number of carbonyl (C=O) groups excluding carboxylic acids is 1. The first-order valence-corrected chi connectivity index (χ1v) is 5.78. The summed E-state index contributed by atoms with van der Waals surface area (Å²) in [5, 5.41) is 2.82. The number of amides is 1. The highest BCUT2D eigenvalue weighted by molar-refractivity contribution is 5.92. The summed E-state index contributed by atoms with van der Waals surface area (Å²) in [6.07, 6.45) is 7.15. The molecular weight excluding hydrogens is 202 g/mol. The molecule has 16 heavy (non-hydrogen) atoms. The standard InChI is InChI=1S/C12H17N3O/c13-10-6-7-14-11(8-10)15-12(16)9-4-2-1-3-5-9/h6-9H,1-5H2,(H3,13,14,15,16). The van der Waals surface area contributed by atoms with E-state index < -0.39 is 0 Å². The Labute approximate surface area is 95.3 Å². The first kappa shape index (κ1) is 10.9. The third kappa shape index (κ3) is 2.72. The van der Waals surface area contributed by atoms with Gasteiger partial charge < -0.3 is 11.1 Å². The largest absolute Gasteiger partial charge is 0.399 e. The van der Waals surface area contributed by atoms with E-state index in [4.69, 9.17) is 5.73 Å². The van der Waals surface area contributed by atoms with Gasteiger partial charge in [0.1, 0.15) is 5.82 Å². The van der Waals surface area contributed by atoms with Gasteiger partial charge in [0.15, 0.2) is 0 Å². The van der Waals surface area contributed by atoms with Gasteiger partial charge in [0.25, 0.3) is 0 Å². The van der Waals surface area contributed by atoms with Crippen molar-refractivity contribution >= 4 is 17.4 Å². The highest BCUT2D eigenvalue weighted by atomic mass is 16.1. The Balaban J connectivity index is 1.96. The second-order valence-electron chi connectivity index (χ2n) is 4.30. The van der Waals surface area contributed by atoms with E-state index in [1.807, 2.05) is 0 Å². The second-order valence-corrected chi connectivity index (χ2v) is 4.30. The van der Waals surface area contributed by atoms with Crippen LogP contribution in [-0.4, -0.2) is 10.9 Å². The average molecular weight is 219 g/mol. The lowest BCUT2D eigenvalue weighted by atomic mass is 9.89. The van der Waals surface area contributed by atoms with Crippen molar-refractivity contribution < 1.29 is 4.79 Å². The molecule has 1 aliphatic rings. The van der Waals surface area contributed by atoms with Gasteiger partial charge in [-0.3, -0.25) is 4.79 Å². The molecule has 3 N–H and O–H groups in total. The molecular formula is C12H17N3O. The smallest absolute Gasteiger partial charge is 0.228 e. The number of nitrogens with two attached hydrogens (primary N) is 1. The molecule has 4 nitrogen and oxygen atoms in total. The third-order valence-corrected chi connectivity index (χ3v) is 3.01. The normalized spacial score (nSPS) is 17.0. The van der Waals surface area contributed by atoms with Crippen LogP contribution in [0.4, 0.5) is 11.5 Å². The minimum absolute atomic E-state index is 0.0813. The molecule has 0 bridgehead atoms. The van der Waals surface area contributed by atoms with Crippen LogP contribution in [0.5, 0.6) is 0 Å². The summed E-state index contributed by atoms with van der Waals surface area (Å²) in [6, 6.07) is 3.39. The Morgan fingerprint density at radius 3 is 2.81 bits per heavy atom. The summed E-state index contributed by atoms with van der Waals surface area (Å²) < 4.78 is 0. The summed E-state index contributed by atoms with van der Waals surface area (Å²) in [6.45, 7) is 0. The van der Waals surface area contributed by atoms with Crippen molar-refractivity contribution in [3.8, 4) is 0 Å². The molecule has 2 rings (SSSR count). The number of aromatic nitrogens is 1. The molecule has 1 heterocycles. The number of hydrogen-bond acceptors (Lipinski definition) is 3. The molecule has 86 valence electrons. The van der Waals surface area contributed by atoms with E-state index in [-0.39, 0.29) is 11.8 Å². The maximum absolute atomic E-state index is 11.9. The first-order chi connectivity index (χ1) is 7.75. The van der Waals surface area contributed by atoms with Gasteiger partial charge in [0.2, 0.25) is 5.91 Å². The summed E-state index contributed by atoms with van der Waals surface area (Å²) >= 11 is 0. The van der Waals surface area contributed by atoms with Crippen molar-refractivity contribution in [1.82, 2.24) is 4.98 Å². The van der Waals surface area contributed by atoms with E-state index in [0.29, 0.717) is 11.5 Å². The number of nitrogens with one attached hydrogen (secondary N) is 1. The van der Waals surface area contributed by atoms with Gasteiger partial charge in [-0.15, -0.1) is 0 Å². The SMILES string of the molecule is Nc1ccnc(NC(=O)C2CCCCC2)c1. The van der Waals surface area contributed by atoms with E-state index in [1.165, 1.54) is 6.42 Å². The Kier molecular flexibility index (Phi) is 3.39. The number of nitrogens with zero attached hydrogens (tertiary/aromatic N) is 1. The molecule has 0 atom stereocenters. The van der Waals surface area contributed by atoms with E-state index in [1.54, 1.807) is 18.3 Å². The lowest BCUT2D eigenvalue weighted by Crippen LogP contribution is -2.25. The fraction of sp³-hybridized carbons (Fsp3) is 0.500. The average Bonchev–Trinajstić information content (AvgIpc) is 2.30. The van der Waals surface area contributed by atoms with Gasteiger partial charge in [0.05, 0.1) is 0 Å². The van der Waals surface area contributed by atoms with Gasteiger partial charge in [-0.05, 0) is 18.9 Å². The summed E-state index contributed by atoms with van der Waals surface area (Å²) in [4.78, 5) is 15.9. The maximum atomic E-state index is 11.9. The summed E-state index contributed by atoms with van der Waals surface area (Å²) in [5.41, 5.74) is 6.24. The van der Waals surface area contributed by atoms with Crippen LogP contribution in [-0.2, 0) is 4.79 Å². The quantitative estimate of drug-likeness (QED) is 0.801. The van der Waals surface area contributed by atoms with Gasteiger partial charge in [-0.2, -0.15) is 0 Å². The van der Waals surface area contributed by atoms with E-state index in [9.17, 15) is 4.79 Å². The second kappa shape index (κ2) is 4.96. The number of hydrogen-bond donors (Lipinski definition) is 2. The molecule has 1 amide bonds. The van der Waals surface area contributed by atoms with Gasteiger partial charge in [-0.25, -0.2) is 4.98 Å². The zero-order chi connectivity index (χ0) is 11.4. The molecule has 1 saturated carbocycles. The van der Waals surface area contributed by atoms with Crippen molar-refractivity contribution in [2.45, 2.75) is 32.1 Å². The Hall–Kier alpha value is -1.58. The zero-order valence-corrected chi connectivity index (χ0v) is 9.28. The van der Waals surface area contributed by atoms with Crippen LogP contribution in [0.2, 0.25) is 0 Å². The zero-order valence-electron chi connectivity index (χ0n) is 9.28. The van der Waals surface area contributed by atoms with E-state index in [0.717, 1.165) is 25.7 Å². The molecule has 4 heteroatoms. The van der Waals surface area contributed by atoms with Crippen molar-refractivity contribution in [2.24, 2.45) is 5.92 Å². The minimum atomic E-state index is 0.0813. The van der Waals surface area contributed by atoms with Crippen LogP contribution < -0.4 is 11.1 Å². The molecule has 0 spiro atoms. The molecule has 0 unspecified atom stereocenters. The molecule has 1 aromatic heterocycles. The van der Waals surface area contributed by atoms with Crippen LogP contribution in [0.1, 0.15) is 32.1 Å². The van der Waals surface area contributed by atoms with E-state index >= 15 is 0 Å². The van der Waals surface area contributed by atoms with Crippen molar-refractivity contribution in [3.05, 3.63) is 18.3 Å². The molecule has 0 aliphatic heterocycles. The van der Waals surface area contributed by atoms with Crippen molar-refractivity contribution in [3.63, 3.8) is 0 Å². The van der Waals surface area contributed by atoms with Crippen LogP contribution in [0.3, 0.4) is 0 Å². The van der Waals surface area contributed by atoms with Crippen LogP contribution in [0.25, 0.3) is 0 Å². The monoisotopic (exact) mass is 219 g/mol. The Morgan fingerprint density at radius 1 is 1.38 bits per heavy atom. The summed E-state index contributed by atoms with van der Waals surface area (Å²) in [7, 11) is 0. The van der Waals surface area contributed by atoms with Gasteiger partial charge >= 0.3 is 0 Å². The molecule has 1 aliphatic carbocycles.